The highest BCUT2D eigenvalue weighted by Crippen LogP contribution is 2.13. The van der Waals surface area contributed by atoms with E-state index in [0.29, 0.717) is 11.9 Å². The summed E-state index contributed by atoms with van der Waals surface area (Å²) < 4.78 is 0. The number of rotatable bonds is 3. The van der Waals surface area contributed by atoms with Crippen LogP contribution < -0.4 is 16.2 Å². The van der Waals surface area contributed by atoms with Crippen LogP contribution in [0.5, 0.6) is 0 Å². The molecule has 15 heavy (non-hydrogen) atoms. The maximum absolute atomic E-state index is 11.2. The van der Waals surface area contributed by atoms with Gasteiger partial charge in [0, 0.05) is 12.6 Å². The first-order chi connectivity index (χ1) is 7.27. The van der Waals surface area contributed by atoms with Gasteiger partial charge in [-0.2, -0.15) is 0 Å². The van der Waals surface area contributed by atoms with Crippen molar-refractivity contribution < 1.29 is 0 Å². The zero-order valence-electron chi connectivity index (χ0n) is 8.22. The zero-order chi connectivity index (χ0) is 10.7. The van der Waals surface area contributed by atoms with Crippen LogP contribution in [0, 0.1) is 0 Å². The minimum Gasteiger partial charge on any atom is -0.367 e. The van der Waals surface area contributed by atoms with Crippen molar-refractivity contribution in [1.29, 1.82) is 0 Å². The van der Waals surface area contributed by atoms with E-state index in [4.69, 9.17) is 11.6 Å². The molecule has 1 aliphatic rings. The van der Waals surface area contributed by atoms with Gasteiger partial charge in [0.2, 0.25) is 0 Å². The molecule has 6 heteroatoms. The molecule has 1 aliphatic heterocycles. The standard InChI is InChI=1S/C9H13ClN4O/c10-7-8(13-5-14-9(7)15)12-4-6-2-1-3-11-6/h5-6,11H,1-4H2,(H2,12,13,14,15). The largest absolute Gasteiger partial charge is 0.367 e. The Kier molecular flexibility index (Phi) is 3.23. The Balaban J connectivity index is 1.98. The van der Waals surface area contributed by atoms with E-state index in [1.807, 2.05) is 0 Å². The molecule has 3 N–H and O–H groups in total. The second kappa shape index (κ2) is 4.63. The van der Waals surface area contributed by atoms with E-state index in [1.165, 1.54) is 12.7 Å². The second-order valence-corrected chi connectivity index (χ2v) is 3.95. The number of halogens is 1. The summed E-state index contributed by atoms with van der Waals surface area (Å²) >= 11 is 5.79. The van der Waals surface area contributed by atoms with Crippen LogP contribution in [-0.4, -0.2) is 29.1 Å². The molecule has 0 saturated carbocycles. The van der Waals surface area contributed by atoms with Crippen molar-refractivity contribution in [3.05, 3.63) is 21.7 Å². The Labute approximate surface area is 92.3 Å². The first-order valence-corrected chi connectivity index (χ1v) is 5.35. The number of hydrogen-bond acceptors (Lipinski definition) is 4. The number of nitrogens with one attached hydrogen (secondary N) is 3. The molecule has 82 valence electrons. The Bertz CT molecular complexity index is 386. The predicted octanol–water partition coefficient (Wildman–Crippen LogP) is 0.587. The van der Waals surface area contributed by atoms with Gasteiger partial charge in [0.05, 0.1) is 6.33 Å². The Morgan fingerprint density at radius 2 is 2.53 bits per heavy atom. The molecule has 0 aliphatic carbocycles. The number of aromatic nitrogens is 2. The van der Waals surface area contributed by atoms with Gasteiger partial charge in [-0.3, -0.25) is 4.79 Å². The Morgan fingerprint density at radius 1 is 1.67 bits per heavy atom. The van der Waals surface area contributed by atoms with E-state index in [-0.39, 0.29) is 10.6 Å². The van der Waals surface area contributed by atoms with Crippen molar-refractivity contribution in [1.82, 2.24) is 15.3 Å². The van der Waals surface area contributed by atoms with E-state index < -0.39 is 0 Å². The van der Waals surface area contributed by atoms with Gasteiger partial charge in [-0.05, 0) is 19.4 Å². The van der Waals surface area contributed by atoms with Crippen molar-refractivity contribution in [3.8, 4) is 0 Å². The number of anilines is 1. The highest BCUT2D eigenvalue weighted by Gasteiger charge is 2.14. The van der Waals surface area contributed by atoms with Crippen molar-refractivity contribution >= 4 is 17.4 Å². The predicted molar refractivity (Wildman–Crippen MR) is 59.4 cm³/mol. The lowest BCUT2D eigenvalue weighted by Crippen LogP contribution is -2.30. The van der Waals surface area contributed by atoms with E-state index in [1.54, 1.807) is 0 Å². The lowest BCUT2D eigenvalue weighted by molar-refractivity contribution is 0.632. The molecule has 1 unspecified atom stereocenters. The summed E-state index contributed by atoms with van der Waals surface area (Å²) in [5, 5.41) is 6.53. The molecule has 5 nitrogen and oxygen atoms in total. The SMILES string of the molecule is O=c1[nH]cnc(NCC2CCCN2)c1Cl. The zero-order valence-corrected chi connectivity index (χ0v) is 8.97. The van der Waals surface area contributed by atoms with Crippen LogP contribution >= 0.6 is 11.6 Å². The fourth-order valence-electron chi connectivity index (χ4n) is 1.66. The molecule has 0 amide bonds. The molecule has 2 heterocycles. The van der Waals surface area contributed by atoms with Gasteiger partial charge in [-0.25, -0.2) is 4.98 Å². The fraction of sp³-hybridized carbons (Fsp3) is 0.556. The first kappa shape index (κ1) is 10.4. The van der Waals surface area contributed by atoms with Crippen molar-refractivity contribution in [2.75, 3.05) is 18.4 Å². The molecule has 1 aromatic rings. The molecule has 0 bridgehead atoms. The topological polar surface area (TPSA) is 69.8 Å². The summed E-state index contributed by atoms with van der Waals surface area (Å²) in [5.74, 6) is 0.453. The number of nitrogens with zero attached hydrogens (tertiary/aromatic N) is 1. The van der Waals surface area contributed by atoms with Gasteiger partial charge in [-0.1, -0.05) is 11.6 Å². The average Bonchev–Trinajstić information content (AvgIpc) is 2.73. The number of H-pyrrole nitrogens is 1. The van der Waals surface area contributed by atoms with Crippen LogP contribution in [0.1, 0.15) is 12.8 Å². The third-order valence-corrected chi connectivity index (χ3v) is 2.83. The molecule has 1 saturated heterocycles. The van der Waals surface area contributed by atoms with Crippen LogP contribution in [-0.2, 0) is 0 Å². The summed E-state index contributed by atoms with van der Waals surface area (Å²) in [6.07, 6.45) is 3.69. The Morgan fingerprint density at radius 3 is 3.27 bits per heavy atom. The molecule has 1 aromatic heterocycles. The van der Waals surface area contributed by atoms with Crippen molar-refractivity contribution in [2.24, 2.45) is 0 Å². The lowest BCUT2D eigenvalue weighted by atomic mass is 10.2. The number of hydrogen-bond donors (Lipinski definition) is 3. The van der Waals surface area contributed by atoms with E-state index in [9.17, 15) is 4.79 Å². The smallest absolute Gasteiger partial charge is 0.271 e. The van der Waals surface area contributed by atoms with Crippen LogP contribution in [0.25, 0.3) is 0 Å². The summed E-state index contributed by atoms with van der Waals surface area (Å²) in [5.41, 5.74) is -0.312. The molecule has 2 rings (SSSR count). The van der Waals surface area contributed by atoms with Gasteiger partial charge < -0.3 is 15.6 Å². The molecule has 1 fully saturated rings. The minimum atomic E-state index is -0.312. The van der Waals surface area contributed by atoms with Crippen LogP contribution in [0.3, 0.4) is 0 Å². The van der Waals surface area contributed by atoms with Crippen LogP contribution in [0.2, 0.25) is 5.02 Å². The van der Waals surface area contributed by atoms with Crippen molar-refractivity contribution in [3.63, 3.8) is 0 Å². The monoisotopic (exact) mass is 228 g/mol. The highest BCUT2D eigenvalue weighted by atomic mass is 35.5. The van der Waals surface area contributed by atoms with Gasteiger partial charge in [0.1, 0.15) is 5.02 Å². The van der Waals surface area contributed by atoms with Crippen LogP contribution in [0.15, 0.2) is 11.1 Å². The fourth-order valence-corrected chi connectivity index (χ4v) is 1.83. The minimum absolute atomic E-state index is 0.121. The summed E-state index contributed by atoms with van der Waals surface area (Å²) in [6.45, 7) is 1.80. The van der Waals surface area contributed by atoms with Crippen LogP contribution in [0.4, 0.5) is 5.82 Å². The van der Waals surface area contributed by atoms with Gasteiger partial charge in [-0.15, -0.1) is 0 Å². The molecule has 0 aromatic carbocycles. The van der Waals surface area contributed by atoms with E-state index >= 15 is 0 Å². The molecule has 0 spiro atoms. The first-order valence-electron chi connectivity index (χ1n) is 4.98. The molecule has 1 atom stereocenters. The van der Waals surface area contributed by atoms with Gasteiger partial charge in [0.25, 0.3) is 5.56 Å². The van der Waals surface area contributed by atoms with E-state index in [2.05, 4.69) is 20.6 Å². The summed E-state index contributed by atoms with van der Waals surface area (Å²) in [7, 11) is 0. The average molecular weight is 229 g/mol. The normalized spacial score (nSPS) is 20.5. The second-order valence-electron chi connectivity index (χ2n) is 3.57. The molecular weight excluding hydrogens is 216 g/mol. The number of aromatic amines is 1. The maximum atomic E-state index is 11.2. The molecule has 0 radical (unpaired) electrons. The summed E-state index contributed by atoms with van der Waals surface area (Å²) in [4.78, 5) is 17.5. The van der Waals surface area contributed by atoms with Crippen molar-refractivity contribution in [2.45, 2.75) is 18.9 Å². The van der Waals surface area contributed by atoms with Gasteiger partial charge >= 0.3 is 0 Å². The maximum Gasteiger partial charge on any atom is 0.271 e. The summed E-state index contributed by atoms with van der Waals surface area (Å²) in [6, 6.07) is 0.446. The third-order valence-electron chi connectivity index (χ3n) is 2.47. The quantitative estimate of drug-likeness (QED) is 0.708. The molecular formula is C9H13ClN4O. The Hall–Kier alpha value is -1.07. The highest BCUT2D eigenvalue weighted by molar-refractivity contribution is 6.32. The van der Waals surface area contributed by atoms with E-state index in [0.717, 1.165) is 19.5 Å². The third kappa shape index (κ3) is 2.49. The van der Waals surface area contributed by atoms with Gasteiger partial charge in [0.15, 0.2) is 5.82 Å². The lowest BCUT2D eigenvalue weighted by Gasteiger charge is -2.12.